The average molecular weight is 654 g/mol. The van der Waals surface area contributed by atoms with Crippen LogP contribution in [0.15, 0.2) is 85.6 Å². The van der Waals surface area contributed by atoms with E-state index in [1.54, 1.807) is 17.4 Å². The third-order valence-corrected chi connectivity index (χ3v) is 9.22. The zero-order valence-corrected chi connectivity index (χ0v) is 28.2. The zero-order valence-electron chi connectivity index (χ0n) is 27.5. The van der Waals surface area contributed by atoms with E-state index in [9.17, 15) is 9.59 Å². The minimum absolute atomic E-state index is 0.0561. The van der Waals surface area contributed by atoms with Gasteiger partial charge in [-0.25, -0.2) is 9.78 Å². The van der Waals surface area contributed by atoms with Gasteiger partial charge in [0.05, 0.1) is 18.1 Å². The lowest BCUT2D eigenvalue weighted by Gasteiger charge is -2.45. The maximum Gasteiger partial charge on any atom is 0.318 e. The number of carbonyl (C=O) groups is 2. The number of aryl methyl sites for hydroxylation is 3. The minimum atomic E-state index is -0.686. The van der Waals surface area contributed by atoms with Crippen LogP contribution < -0.4 is 5.32 Å². The molecule has 0 bridgehead atoms. The number of hydrogen-bond donors (Lipinski definition) is 1. The minimum Gasteiger partial charge on any atom is -0.337 e. The predicted molar refractivity (Wildman–Crippen MR) is 184 cm³/mol. The Labute approximate surface area is 282 Å². The molecule has 3 amide bonds. The number of amides is 3. The Hall–Kier alpha value is -4.21. The van der Waals surface area contributed by atoms with Crippen LogP contribution in [0.2, 0.25) is 5.02 Å². The Morgan fingerprint density at radius 1 is 1.00 bits per heavy atom. The van der Waals surface area contributed by atoms with E-state index in [-0.39, 0.29) is 18.0 Å². The number of rotatable bonds is 8. The lowest BCUT2D eigenvalue weighted by molar-refractivity contribution is -0.139. The second-order valence-corrected chi connectivity index (χ2v) is 14.0. The molecule has 1 aliphatic carbocycles. The average Bonchev–Trinajstić information content (AvgIpc) is 3.52. The van der Waals surface area contributed by atoms with Gasteiger partial charge in [0, 0.05) is 68.4 Å². The largest absolute Gasteiger partial charge is 0.337 e. The number of piperazine rings is 1. The van der Waals surface area contributed by atoms with Crippen molar-refractivity contribution in [3.8, 4) is 0 Å². The van der Waals surface area contributed by atoms with E-state index < -0.39 is 11.6 Å². The summed E-state index contributed by atoms with van der Waals surface area (Å²) in [6.45, 7) is 9.04. The van der Waals surface area contributed by atoms with Gasteiger partial charge in [-0.2, -0.15) is 0 Å². The highest BCUT2D eigenvalue weighted by atomic mass is 35.5. The summed E-state index contributed by atoms with van der Waals surface area (Å²) >= 11 is 6.49. The number of nitrogens with one attached hydrogen (secondary N) is 1. The molecule has 47 heavy (non-hydrogen) atoms. The first kappa shape index (κ1) is 32.7. The van der Waals surface area contributed by atoms with E-state index in [0.29, 0.717) is 37.7 Å². The molecule has 0 radical (unpaired) electrons. The molecular weight excluding hydrogens is 610 g/mol. The van der Waals surface area contributed by atoms with Crippen molar-refractivity contribution in [2.75, 3.05) is 26.2 Å². The first-order chi connectivity index (χ1) is 22.7. The van der Waals surface area contributed by atoms with E-state index in [4.69, 9.17) is 16.6 Å². The van der Waals surface area contributed by atoms with Gasteiger partial charge >= 0.3 is 6.03 Å². The van der Waals surface area contributed by atoms with Crippen molar-refractivity contribution in [2.45, 2.75) is 70.7 Å². The van der Waals surface area contributed by atoms with E-state index in [0.717, 1.165) is 42.6 Å². The van der Waals surface area contributed by atoms with Gasteiger partial charge in [0.1, 0.15) is 6.04 Å². The number of nitrogens with zero attached hydrogens (tertiary/aromatic N) is 6. The number of pyridine rings is 1. The van der Waals surface area contributed by atoms with Gasteiger partial charge in [-0.15, -0.1) is 0 Å². The molecule has 2 aromatic carbocycles. The molecular formula is C37H44ClN7O2. The van der Waals surface area contributed by atoms with Crippen LogP contribution in [-0.2, 0) is 30.7 Å². The van der Waals surface area contributed by atoms with Gasteiger partial charge in [0.15, 0.2) is 0 Å². The molecule has 1 fully saturated rings. The summed E-state index contributed by atoms with van der Waals surface area (Å²) in [7, 11) is 0. The lowest BCUT2D eigenvalue weighted by Crippen LogP contribution is -2.64. The summed E-state index contributed by atoms with van der Waals surface area (Å²) in [5.74, 6) is -0.0561. The van der Waals surface area contributed by atoms with Gasteiger partial charge in [0.2, 0.25) is 5.91 Å². The van der Waals surface area contributed by atoms with Crippen molar-refractivity contribution < 1.29 is 9.59 Å². The molecule has 2 aliphatic rings. The van der Waals surface area contributed by atoms with Gasteiger partial charge in [-0.3, -0.25) is 14.7 Å². The van der Waals surface area contributed by atoms with Crippen molar-refractivity contribution in [3.05, 3.63) is 119 Å². The fraction of sp³-hybridized carbons (Fsp3) is 0.405. The topological polar surface area (TPSA) is 86.6 Å². The summed E-state index contributed by atoms with van der Waals surface area (Å²) in [6.07, 6.45) is 9.84. The maximum atomic E-state index is 14.8. The normalized spacial score (nSPS) is 18.2. The summed E-state index contributed by atoms with van der Waals surface area (Å²) < 4.78 is 2.02. The lowest BCUT2D eigenvalue weighted by atomic mass is 9.95. The number of benzene rings is 2. The summed E-state index contributed by atoms with van der Waals surface area (Å²) in [5, 5.41) is 3.84. The molecule has 10 heteroatoms. The second-order valence-electron chi connectivity index (χ2n) is 13.6. The van der Waals surface area contributed by atoms with E-state index in [1.807, 2.05) is 85.1 Å². The van der Waals surface area contributed by atoms with E-state index >= 15 is 0 Å². The van der Waals surface area contributed by atoms with Gasteiger partial charge < -0.3 is 19.7 Å². The van der Waals surface area contributed by atoms with Crippen LogP contribution in [0.3, 0.4) is 0 Å². The second kappa shape index (κ2) is 14.3. The molecule has 4 aromatic rings. The molecule has 2 atom stereocenters. The van der Waals surface area contributed by atoms with Crippen LogP contribution in [-0.4, -0.2) is 78.9 Å². The molecule has 0 unspecified atom stereocenters. The number of urea groups is 1. The van der Waals surface area contributed by atoms with E-state index in [1.165, 1.54) is 11.1 Å². The van der Waals surface area contributed by atoms with Crippen LogP contribution in [0.25, 0.3) is 0 Å². The molecule has 0 saturated carbocycles. The fourth-order valence-corrected chi connectivity index (χ4v) is 6.98. The Balaban J connectivity index is 1.35. The molecule has 2 aromatic heterocycles. The molecule has 1 aliphatic heterocycles. The van der Waals surface area contributed by atoms with Crippen molar-refractivity contribution in [1.82, 2.24) is 34.6 Å². The molecule has 246 valence electrons. The molecule has 1 N–H and O–H groups in total. The number of halogens is 1. The third-order valence-electron chi connectivity index (χ3n) is 8.98. The first-order valence-corrected chi connectivity index (χ1v) is 16.9. The Morgan fingerprint density at radius 3 is 2.57 bits per heavy atom. The molecule has 6 rings (SSSR count). The van der Waals surface area contributed by atoms with Crippen LogP contribution in [0.4, 0.5) is 4.79 Å². The maximum absolute atomic E-state index is 14.8. The predicted octanol–water partition coefficient (Wildman–Crippen LogP) is 5.73. The summed E-state index contributed by atoms with van der Waals surface area (Å²) in [5.41, 5.74) is 5.17. The number of fused-ring (bicyclic) bond motifs is 2. The zero-order chi connectivity index (χ0) is 33.0. The van der Waals surface area contributed by atoms with Crippen LogP contribution in [0, 0.1) is 0 Å². The first-order valence-electron chi connectivity index (χ1n) is 16.5. The van der Waals surface area contributed by atoms with Gasteiger partial charge in [-0.05, 0) is 80.5 Å². The monoisotopic (exact) mass is 653 g/mol. The van der Waals surface area contributed by atoms with Crippen LogP contribution in [0.1, 0.15) is 61.2 Å². The fourth-order valence-electron chi connectivity index (χ4n) is 6.78. The number of aromatic nitrogens is 3. The standard InChI is InChI=1S/C37H44ClN7O2/c1-37(2,3)41-36(47)45-22-21-43(34-31-15-14-30(38)23-29(31)13-12-28-11-7-16-40-33(28)34)25-32(45)35(46)44(24-27-9-5-4-6-10-27)19-8-18-42-20-17-39-26-42/h4-7,9-11,14-17,20,23,26,32,34H,8,12-13,18-19,21-22,24-25H2,1-3H3,(H,41,47)/t32-,34+/m1/s1. The molecule has 9 nitrogen and oxygen atoms in total. The molecule has 1 saturated heterocycles. The van der Waals surface area contributed by atoms with E-state index in [2.05, 4.69) is 33.4 Å². The SMILES string of the molecule is CC(C)(C)NC(=O)N1CCN([C@H]2c3ccc(Cl)cc3CCc3cccnc32)C[C@@H]1C(=O)N(CCCn1ccnc1)Cc1ccccc1. The summed E-state index contributed by atoms with van der Waals surface area (Å²) in [6, 6.07) is 19.3. The van der Waals surface area contributed by atoms with Gasteiger partial charge in [0.25, 0.3) is 0 Å². The number of hydrogen-bond acceptors (Lipinski definition) is 5. The highest BCUT2D eigenvalue weighted by molar-refractivity contribution is 6.30. The highest BCUT2D eigenvalue weighted by Gasteiger charge is 2.42. The van der Waals surface area contributed by atoms with Crippen molar-refractivity contribution in [1.29, 1.82) is 0 Å². The molecule has 0 spiro atoms. The highest BCUT2D eigenvalue weighted by Crippen LogP contribution is 2.38. The number of carbonyl (C=O) groups excluding carboxylic acids is 2. The summed E-state index contributed by atoms with van der Waals surface area (Å²) in [4.78, 5) is 43.8. The van der Waals surface area contributed by atoms with Crippen LogP contribution >= 0.6 is 11.6 Å². The Morgan fingerprint density at radius 2 is 1.81 bits per heavy atom. The Kier molecular flexibility index (Phi) is 9.94. The van der Waals surface area contributed by atoms with Crippen molar-refractivity contribution >= 4 is 23.5 Å². The molecule has 3 heterocycles. The smallest absolute Gasteiger partial charge is 0.318 e. The quantitative estimate of drug-likeness (QED) is 0.262. The Bertz CT molecular complexity index is 1670. The van der Waals surface area contributed by atoms with Crippen molar-refractivity contribution in [2.24, 2.45) is 0 Å². The number of imidazole rings is 1. The third kappa shape index (κ3) is 7.85. The van der Waals surface area contributed by atoms with Crippen molar-refractivity contribution in [3.63, 3.8) is 0 Å². The van der Waals surface area contributed by atoms with Gasteiger partial charge in [-0.1, -0.05) is 54.1 Å². The van der Waals surface area contributed by atoms with Crippen LogP contribution in [0.5, 0.6) is 0 Å².